The third-order valence-electron chi connectivity index (χ3n) is 2.55. The van der Waals surface area contributed by atoms with Gasteiger partial charge in [0.1, 0.15) is 5.03 Å². The molecule has 5 heteroatoms. The molecular weight excluding hydrogens is 224 g/mol. The standard InChI is InChI=1S/C11H14N2O2S/c1-11(15)6-13(7-11)10(14)8-4-3-5-12-9(8)16-2/h3-5,15H,6-7H2,1-2H3. The van der Waals surface area contributed by atoms with Gasteiger partial charge in [0.05, 0.1) is 24.3 Å². The number of carbonyl (C=O) groups excluding carboxylic acids is 1. The Morgan fingerprint density at radius 2 is 2.31 bits per heavy atom. The van der Waals surface area contributed by atoms with Gasteiger partial charge < -0.3 is 10.0 Å². The maximum absolute atomic E-state index is 12.1. The molecule has 0 bridgehead atoms. The van der Waals surface area contributed by atoms with Crippen LogP contribution in [0.3, 0.4) is 0 Å². The number of hydrogen-bond acceptors (Lipinski definition) is 4. The van der Waals surface area contributed by atoms with E-state index in [9.17, 15) is 9.90 Å². The van der Waals surface area contributed by atoms with E-state index in [0.717, 1.165) is 5.03 Å². The third kappa shape index (κ3) is 2.05. The Bertz CT molecular complexity index is 412. The number of rotatable bonds is 2. The fraction of sp³-hybridized carbons (Fsp3) is 0.455. The maximum Gasteiger partial charge on any atom is 0.256 e. The van der Waals surface area contributed by atoms with Gasteiger partial charge in [-0.2, -0.15) is 0 Å². The summed E-state index contributed by atoms with van der Waals surface area (Å²) in [5.74, 6) is -0.0519. The Labute approximate surface area is 98.7 Å². The lowest BCUT2D eigenvalue weighted by molar-refractivity contribution is -0.0670. The largest absolute Gasteiger partial charge is 0.386 e. The van der Waals surface area contributed by atoms with Crippen LogP contribution in [-0.2, 0) is 0 Å². The normalized spacial score (nSPS) is 18.1. The van der Waals surface area contributed by atoms with Gasteiger partial charge in [-0.15, -0.1) is 11.8 Å². The summed E-state index contributed by atoms with van der Waals surface area (Å²) >= 11 is 1.45. The smallest absolute Gasteiger partial charge is 0.256 e. The lowest BCUT2D eigenvalue weighted by Gasteiger charge is -2.44. The Balaban J connectivity index is 2.16. The van der Waals surface area contributed by atoms with Crippen LogP contribution in [0.15, 0.2) is 23.4 Å². The molecule has 1 aliphatic rings. The van der Waals surface area contributed by atoms with Crippen molar-refractivity contribution >= 4 is 17.7 Å². The number of hydrogen-bond donors (Lipinski definition) is 1. The van der Waals surface area contributed by atoms with Crippen molar-refractivity contribution in [2.24, 2.45) is 0 Å². The number of aromatic nitrogens is 1. The summed E-state index contributed by atoms with van der Waals surface area (Å²) in [5.41, 5.74) is -0.109. The zero-order valence-corrected chi connectivity index (χ0v) is 10.1. The zero-order valence-electron chi connectivity index (χ0n) is 9.30. The van der Waals surface area contributed by atoms with Gasteiger partial charge in [0.25, 0.3) is 5.91 Å². The summed E-state index contributed by atoms with van der Waals surface area (Å²) in [5, 5.41) is 10.3. The molecule has 0 aromatic carbocycles. The summed E-state index contributed by atoms with van der Waals surface area (Å²) in [7, 11) is 0. The van der Waals surface area contributed by atoms with E-state index in [4.69, 9.17) is 0 Å². The number of nitrogens with zero attached hydrogens (tertiary/aromatic N) is 2. The predicted octanol–water partition coefficient (Wildman–Crippen LogP) is 1.01. The quantitative estimate of drug-likeness (QED) is 0.781. The molecule has 1 amide bonds. The van der Waals surface area contributed by atoms with Crippen molar-refractivity contribution < 1.29 is 9.90 Å². The number of thioether (sulfide) groups is 1. The predicted molar refractivity (Wildman–Crippen MR) is 62.5 cm³/mol. The number of carbonyl (C=O) groups is 1. The molecule has 0 radical (unpaired) electrons. The van der Waals surface area contributed by atoms with Crippen LogP contribution in [0.4, 0.5) is 0 Å². The minimum Gasteiger partial charge on any atom is -0.386 e. The molecule has 1 saturated heterocycles. The van der Waals surface area contributed by atoms with Gasteiger partial charge in [-0.05, 0) is 25.3 Å². The first-order chi connectivity index (χ1) is 7.53. The number of likely N-dealkylation sites (tertiary alicyclic amines) is 1. The van der Waals surface area contributed by atoms with Crippen LogP contribution in [0.2, 0.25) is 0 Å². The van der Waals surface area contributed by atoms with E-state index in [1.807, 2.05) is 6.26 Å². The average Bonchev–Trinajstić information content (AvgIpc) is 2.24. The lowest BCUT2D eigenvalue weighted by Crippen LogP contribution is -2.61. The number of aliphatic hydroxyl groups is 1. The molecule has 2 rings (SSSR count). The summed E-state index contributed by atoms with van der Waals surface area (Å²) < 4.78 is 0. The highest BCUT2D eigenvalue weighted by Crippen LogP contribution is 2.25. The number of amides is 1. The van der Waals surface area contributed by atoms with Crippen LogP contribution >= 0.6 is 11.8 Å². The van der Waals surface area contributed by atoms with E-state index in [1.165, 1.54) is 11.8 Å². The molecule has 0 unspecified atom stereocenters. The van der Waals surface area contributed by atoms with Crippen LogP contribution < -0.4 is 0 Å². The molecule has 0 saturated carbocycles. The van der Waals surface area contributed by atoms with E-state index in [1.54, 1.807) is 30.2 Å². The van der Waals surface area contributed by atoms with E-state index < -0.39 is 5.60 Å². The first-order valence-corrected chi connectivity index (χ1v) is 6.27. The van der Waals surface area contributed by atoms with Crippen molar-refractivity contribution in [2.75, 3.05) is 19.3 Å². The number of pyridine rings is 1. The molecule has 2 heterocycles. The van der Waals surface area contributed by atoms with Crippen LogP contribution in [0, 0.1) is 0 Å². The molecule has 1 aromatic heterocycles. The van der Waals surface area contributed by atoms with E-state index >= 15 is 0 Å². The minimum atomic E-state index is -0.725. The van der Waals surface area contributed by atoms with Gasteiger partial charge in [0.2, 0.25) is 0 Å². The second-order valence-corrected chi connectivity index (χ2v) is 5.01. The van der Waals surface area contributed by atoms with E-state index in [2.05, 4.69) is 4.98 Å². The molecule has 1 N–H and O–H groups in total. The molecule has 4 nitrogen and oxygen atoms in total. The van der Waals surface area contributed by atoms with Gasteiger partial charge in [-0.25, -0.2) is 4.98 Å². The van der Waals surface area contributed by atoms with Crippen molar-refractivity contribution in [1.82, 2.24) is 9.88 Å². The second-order valence-electron chi connectivity index (χ2n) is 4.22. The molecule has 16 heavy (non-hydrogen) atoms. The van der Waals surface area contributed by atoms with Crippen molar-refractivity contribution in [3.05, 3.63) is 23.9 Å². The monoisotopic (exact) mass is 238 g/mol. The van der Waals surface area contributed by atoms with E-state index in [-0.39, 0.29) is 5.91 Å². The van der Waals surface area contributed by atoms with Gasteiger partial charge in [0, 0.05) is 6.20 Å². The second kappa shape index (κ2) is 4.07. The Hall–Kier alpha value is -1.07. The molecule has 1 fully saturated rings. The molecule has 86 valence electrons. The fourth-order valence-electron chi connectivity index (χ4n) is 1.81. The SMILES string of the molecule is CSc1ncccc1C(=O)N1CC(C)(O)C1. The highest BCUT2D eigenvalue weighted by atomic mass is 32.2. The van der Waals surface area contributed by atoms with Gasteiger partial charge >= 0.3 is 0 Å². The van der Waals surface area contributed by atoms with Crippen LogP contribution in [0.25, 0.3) is 0 Å². The van der Waals surface area contributed by atoms with Gasteiger partial charge in [0.15, 0.2) is 0 Å². The fourth-order valence-corrected chi connectivity index (χ4v) is 2.35. The molecule has 0 atom stereocenters. The molecular formula is C11H14N2O2S. The average molecular weight is 238 g/mol. The van der Waals surface area contributed by atoms with Gasteiger partial charge in [-0.3, -0.25) is 4.79 Å². The van der Waals surface area contributed by atoms with Crippen LogP contribution in [0.5, 0.6) is 0 Å². The first-order valence-electron chi connectivity index (χ1n) is 5.04. The van der Waals surface area contributed by atoms with Crippen LogP contribution in [0.1, 0.15) is 17.3 Å². The van der Waals surface area contributed by atoms with Crippen molar-refractivity contribution in [2.45, 2.75) is 17.6 Å². The lowest BCUT2D eigenvalue weighted by atomic mass is 9.96. The van der Waals surface area contributed by atoms with Crippen molar-refractivity contribution in [3.63, 3.8) is 0 Å². The maximum atomic E-state index is 12.1. The van der Waals surface area contributed by atoms with Gasteiger partial charge in [-0.1, -0.05) is 0 Å². The van der Waals surface area contributed by atoms with Crippen molar-refractivity contribution in [1.29, 1.82) is 0 Å². The Morgan fingerprint density at radius 1 is 1.62 bits per heavy atom. The molecule has 0 aliphatic carbocycles. The highest BCUT2D eigenvalue weighted by molar-refractivity contribution is 7.98. The Morgan fingerprint density at radius 3 is 2.88 bits per heavy atom. The highest BCUT2D eigenvalue weighted by Gasteiger charge is 2.40. The zero-order chi connectivity index (χ0) is 11.8. The third-order valence-corrected chi connectivity index (χ3v) is 3.26. The molecule has 1 aliphatic heterocycles. The number of β-amino-alcohol motifs (C(OH)–C–C–N with tert-alkyl or cyclic N) is 1. The summed E-state index contributed by atoms with van der Waals surface area (Å²) in [4.78, 5) is 17.8. The van der Waals surface area contributed by atoms with E-state index in [0.29, 0.717) is 18.7 Å². The summed E-state index contributed by atoms with van der Waals surface area (Å²) in [6.45, 7) is 2.53. The Kier molecular flexibility index (Phi) is 2.90. The first kappa shape index (κ1) is 11.4. The summed E-state index contributed by atoms with van der Waals surface area (Å²) in [6, 6.07) is 3.53. The molecule has 1 aromatic rings. The van der Waals surface area contributed by atoms with Crippen LogP contribution in [-0.4, -0.2) is 45.8 Å². The summed E-state index contributed by atoms with van der Waals surface area (Å²) in [6.07, 6.45) is 3.57. The molecule has 0 spiro atoms. The minimum absolute atomic E-state index is 0.0519. The topological polar surface area (TPSA) is 53.4 Å². The van der Waals surface area contributed by atoms with Crippen molar-refractivity contribution in [3.8, 4) is 0 Å².